The minimum atomic E-state index is -0.478. The topological polar surface area (TPSA) is 75.4 Å². The van der Waals surface area contributed by atoms with Crippen LogP contribution < -0.4 is 5.32 Å². The molecule has 0 aromatic heterocycles. The van der Waals surface area contributed by atoms with E-state index in [0.717, 1.165) is 18.4 Å². The summed E-state index contributed by atoms with van der Waals surface area (Å²) in [6.45, 7) is 2.98. The van der Waals surface area contributed by atoms with Gasteiger partial charge in [-0.25, -0.2) is 0 Å². The van der Waals surface area contributed by atoms with Crippen molar-refractivity contribution in [1.82, 2.24) is 5.32 Å². The molecule has 1 aromatic carbocycles. The smallest absolute Gasteiger partial charge is 0.270 e. The van der Waals surface area contributed by atoms with E-state index in [4.69, 9.17) is 11.6 Å². The summed E-state index contributed by atoms with van der Waals surface area (Å²) >= 11 is 5.94. The molecule has 18 heavy (non-hydrogen) atoms. The summed E-state index contributed by atoms with van der Waals surface area (Å²) < 4.78 is 0. The number of rotatable bonds is 7. The Labute approximate surface area is 111 Å². The van der Waals surface area contributed by atoms with Gasteiger partial charge in [0.15, 0.2) is 0 Å². The molecule has 1 unspecified atom stereocenters. The Hall–Kier alpha value is -1.17. The van der Waals surface area contributed by atoms with Crippen molar-refractivity contribution in [2.75, 3.05) is 6.54 Å². The summed E-state index contributed by atoms with van der Waals surface area (Å²) in [5.41, 5.74) is 0.765. The Morgan fingerprint density at radius 1 is 1.56 bits per heavy atom. The number of nitrogens with zero attached hydrogens (tertiary/aromatic N) is 1. The van der Waals surface area contributed by atoms with Gasteiger partial charge in [-0.1, -0.05) is 24.9 Å². The average molecular weight is 273 g/mol. The van der Waals surface area contributed by atoms with Crippen molar-refractivity contribution in [1.29, 1.82) is 0 Å². The molecule has 6 heteroatoms. The first-order chi connectivity index (χ1) is 8.54. The molecule has 1 rings (SSSR count). The quantitative estimate of drug-likeness (QED) is 0.591. The van der Waals surface area contributed by atoms with E-state index < -0.39 is 4.92 Å². The highest BCUT2D eigenvalue weighted by Gasteiger charge is 2.09. The molecule has 1 atom stereocenters. The fourth-order valence-electron chi connectivity index (χ4n) is 1.60. The van der Waals surface area contributed by atoms with E-state index in [9.17, 15) is 15.2 Å². The number of benzene rings is 1. The van der Waals surface area contributed by atoms with Crippen molar-refractivity contribution in [3.05, 3.63) is 38.9 Å². The Morgan fingerprint density at radius 2 is 2.28 bits per heavy atom. The molecule has 0 spiro atoms. The van der Waals surface area contributed by atoms with Crippen molar-refractivity contribution in [2.24, 2.45) is 0 Å². The monoisotopic (exact) mass is 272 g/mol. The van der Waals surface area contributed by atoms with Gasteiger partial charge < -0.3 is 10.4 Å². The van der Waals surface area contributed by atoms with E-state index in [1.54, 1.807) is 6.07 Å². The Balaban J connectivity index is 2.50. The molecule has 0 saturated heterocycles. The lowest BCUT2D eigenvalue weighted by Gasteiger charge is -2.11. The SMILES string of the molecule is CCCC(O)CNCc1ccc([N+](=O)[O-])cc1Cl. The van der Waals surface area contributed by atoms with Crippen LogP contribution in [0.25, 0.3) is 0 Å². The molecule has 0 aliphatic carbocycles. The molecule has 5 nitrogen and oxygen atoms in total. The predicted octanol–water partition coefficient (Wildman–Crippen LogP) is 2.50. The normalized spacial score (nSPS) is 12.4. The van der Waals surface area contributed by atoms with Gasteiger partial charge in [-0.05, 0) is 18.1 Å². The molecule has 0 aliphatic heterocycles. The van der Waals surface area contributed by atoms with Gasteiger partial charge in [-0.3, -0.25) is 10.1 Å². The van der Waals surface area contributed by atoms with Crippen molar-refractivity contribution in [3.63, 3.8) is 0 Å². The minimum Gasteiger partial charge on any atom is -0.392 e. The second kappa shape index (κ2) is 7.31. The fraction of sp³-hybridized carbons (Fsp3) is 0.500. The third-order valence-corrected chi connectivity index (χ3v) is 2.92. The number of aliphatic hydroxyl groups excluding tert-OH is 1. The van der Waals surface area contributed by atoms with Crippen LogP contribution in [0.3, 0.4) is 0 Å². The first-order valence-electron chi connectivity index (χ1n) is 5.86. The number of nitro benzene ring substituents is 1. The Kier molecular flexibility index (Phi) is 6.04. The van der Waals surface area contributed by atoms with E-state index in [-0.39, 0.29) is 11.8 Å². The summed E-state index contributed by atoms with van der Waals surface area (Å²) in [6.07, 6.45) is 1.31. The average Bonchev–Trinajstić information content (AvgIpc) is 2.31. The number of nitrogens with one attached hydrogen (secondary N) is 1. The van der Waals surface area contributed by atoms with Gasteiger partial charge in [0.05, 0.1) is 16.0 Å². The minimum absolute atomic E-state index is 0.0187. The van der Waals surface area contributed by atoms with Crippen LogP contribution in [-0.4, -0.2) is 22.7 Å². The highest BCUT2D eigenvalue weighted by atomic mass is 35.5. The maximum absolute atomic E-state index is 10.5. The summed E-state index contributed by atoms with van der Waals surface area (Å²) in [7, 11) is 0. The Morgan fingerprint density at radius 3 is 2.83 bits per heavy atom. The largest absolute Gasteiger partial charge is 0.392 e. The lowest BCUT2D eigenvalue weighted by atomic mass is 10.2. The summed E-state index contributed by atoms with van der Waals surface area (Å²) in [5, 5.41) is 23.5. The van der Waals surface area contributed by atoms with E-state index >= 15 is 0 Å². The van der Waals surface area contributed by atoms with Crippen LogP contribution in [0.5, 0.6) is 0 Å². The predicted molar refractivity (Wildman–Crippen MR) is 70.7 cm³/mol. The van der Waals surface area contributed by atoms with Crippen LogP contribution in [0.1, 0.15) is 25.3 Å². The second-order valence-electron chi connectivity index (χ2n) is 4.11. The van der Waals surface area contributed by atoms with E-state index in [1.165, 1.54) is 12.1 Å². The molecule has 2 N–H and O–H groups in total. The number of halogens is 1. The first kappa shape index (κ1) is 14.9. The van der Waals surface area contributed by atoms with Gasteiger partial charge >= 0.3 is 0 Å². The van der Waals surface area contributed by atoms with Crippen LogP contribution in [-0.2, 0) is 6.54 Å². The number of hydrogen-bond acceptors (Lipinski definition) is 4. The number of hydrogen-bond donors (Lipinski definition) is 2. The van der Waals surface area contributed by atoms with Crippen LogP contribution in [0.15, 0.2) is 18.2 Å². The second-order valence-corrected chi connectivity index (χ2v) is 4.51. The van der Waals surface area contributed by atoms with Gasteiger partial charge in [0.25, 0.3) is 5.69 Å². The fourth-order valence-corrected chi connectivity index (χ4v) is 1.84. The third-order valence-electron chi connectivity index (χ3n) is 2.56. The molecule has 100 valence electrons. The summed E-state index contributed by atoms with van der Waals surface area (Å²) in [6, 6.07) is 4.38. The lowest BCUT2D eigenvalue weighted by Crippen LogP contribution is -2.26. The first-order valence-corrected chi connectivity index (χ1v) is 6.24. The van der Waals surface area contributed by atoms with Crippen LogP contribution >= 0.6 is 11.6 Å². The molecule has 0 aliphatic rings. The van der Waals surface area contributed by atoms with Gasteiger partial charge in [-0.15, -0.1) is 0 Å². The molecule has 0 amide bonds. The van der Waals surface area contributed by atoms with Gasteiger partial charge in [0.1, 0.15) is 0 Å². The molecule has 0 radical (unpaired) electrons. The highest BCUT2D eigenvalue weighted by molar-refractivity contribution is 6.31. The van der Waals surface area contributed by atoms with Crippen molar-refractivity contribution in [2.45, 2.75) is 32.4 Å². The molecular weight excluding hydrogens is 256 g/mol. The third kappa shape index (κ3) is 4.60. The zero-order chi connectivity index (χ0) is 13.5. The zero-order valence-corrected chi connectivity index (χ0v) is 11.0. The summed E-state index contributed by atoms with van der Waals surface area (Å²) in [4.78, 5) is 10.1. The van der Waals surface area contributed by atoms with Gasteiger partial charge in [0, 0.05) is 25.2 Å². The summed E-state index contributed by atoms with van der Waals surface area (Å²) in [5.74, 6) is 0. The molecule has 0 bridgehead atoms. The van der Waals surface area contributed by atoms with E-state index in [2.05, 4.69) is 5.32 Å². The van der Waals surface area contributed by atoms with Crippen LogP contribution in [0.4, 0.5) is 5.69 Å². The standard InChI is InChI=1S/C12H17ClN2O3/c1-2-3-11(16)8-14-7-9-4-5-10(15(17)18)6-12(9)13/h4-6,11,14,16H,2-3,7-8H2,1H3. The number of nitro groups is 1. The van der Waals surface area contributed by atoms with Gasteiger partial charge in [-0.2, -0.15) is 0 Å². The lowest BCUT2D eigenvalue weighted by molar-refractivity contribution is -0.384. The molecule has 0 fully saturated rings. The molecule has 0 heterocycles. The highest BCUT2D eigenvalue weighted by Crippen LogP contribution is 2.22. The van der Waals surface area contributed by atoms with Crippen molar-refractivity contribution >= 4 is 17.3 Å². The molecule has 0 saturated carbocycles. The molecular formula is C12H17ClN2O3. The Bertz CT molecular complexity index is 412. The number of aliphatic hydroxyl groups is 1. The van der Waals surface area contributed by atoms with E-state index in [1.807, 2.05) is 6.92 Å². The zero-order valence-electron chi connectivity index (χ0n) is 10.2. The molecule has 1 aromatic rings. The van der Waals surface area contributed by atoms with Crippen LogP contribution in [0.2, 0.25) is 5.02 Å². The van der Waals surface area contributed by atoms with Crippen molar-refractivity contribution < 1.29 is 10.0 Å². The maximum Gasteiger partial charge on any atom is 0.270 e. The number of non-ortho nitro benzene ring substituents is 1. The van der Waals surface area contributed by atoms with Crippen LogP contribution in [0, 0.1) is 10.1 Å². The van der Waals surface area contributed by atoms with E-state index in [0.29, 0.717) is 18.1 Å². The maximum atomic E-state index is 10.5. The van der Waals surface area contributed by atoms with Crippen molar-refractivity contribution in [3.8, 4) is 0 Å². The van der Waals surface area contributed by atoms with Gasteiger partial charge in [0.2, 0.25) is 0 Å².